The van der Waals surface area contributed by atoms with E-state index >= 15 is 0 Å². The van der Waals surface area contributed by atoms with Crippen LogP contribution in [0.25, 0.3) is 11.5 Å². The molecule has 2 atom stereocenters. The van der Waals surface area contributed by atoms with E-state index in [1.807, 2.05) is 12.1 Å². The van der Waals surface area contributed by atoms with Gasteiger partial charge in [-0.25, -0.2) is 8.78 Å². The molecule has 0 aliphatic heterocycles. The lowest BCUT2D eigenvalue weighted by molar-refractivity contribution is -0.122. The molecule has 3 N–H and O–H groups in total. The monoisotopic (exact) mass is 535 g/mol. The van der Waals surface area contributed by atoms with E-state index < -0.39 is 23.8 Å². The summed E-state index contributed by atoms with van der Waals surface area (Å²) in [6.45, 7) is 2.77. The van der Waals surface area contributed by atoms with E-state index in [2.05, 4.69) is 44.8 Å². The predicted octanol–water partition coefficient (Wildman–Crippen LogP) is 3.78. The fraction of sp³-hybridized carbons (Fsp3) is 0.310. The number of carbonyl (C=O) groups excluding carboxylic acids is 1. The third-order valence-corrected chi connectivity index (χ3v) is 6.20. The normalized spacial score (nSPS) is 12.7. The molecule has 1 amide bonds. The van der Waals surface area contributed by atoms with Crippen LogP contribution in [0.3, 0.4) is 0 Å². The minimum Gasteiger partial charge on any atom is -0.390 e. The van der Waals surface area contributed by atoms with Crippen molar-refractivity contribution in [2.75, 3.05) is 6.54 Å². The van der Waals surface area contributed by atoms with E-state index in [1.165, 1.54) is 17.7 Å². The summed E-state index contributed by atoms with van der Waals surface area (Å²) in [5.74, 6) is -1.23. The van der Waals surface area contributed by atoms with Crippen molar-refractivity contribution in [1.29, 1.82) is 0 Å². The number of rotatable bonds is 13. The van der Waals surface area contributed by atoms with Crippen molar-refractivity contribution >= 4 is 5.91 Å². The van der Waals surface area contributed by atoms with Gasteiger partial charge in [0.2, 0.25) is 17.6 Å². The molecule has 204 valence electrons. The van der Waals surface area contributed by atoms with E-state index in [0.717, 1.165) is 18.1 Å². The number of halogens is 2. The summed E-state index contributed by atoms with van der Waals surface area (Å²) < 4.78 is 32.8. The smallest absolute Gasteiger partial charge is 0.227 e. The molecular weight excluding hydrogens is 504 g/mol. The van der Waals surface area contributed by atoms with Crippen LogP contribution in [-0.4, -0.2) is 44.8 Å². The van der Waals surface area contributed by atoms with Crippen LogP contribution >= 0.6 is 0 Å². The van der Waals surface area contributed by atoms with Gasteiger partial charge in [0.15, 0.2) is 0 Å². The van der Waals surface area contributed by atoms with Crippen LogP contribution in [0, 0.1) is 11.6 Å². The van der Waals surface area contributed by atoms with Crippen LogP contribution in [0.1, 0.15) is 35.9 Å². The first-order valence-electron chi connectivity index (χ1n) is 12.8. The standard InChI is InChI=1S/C29H31F2N5O3/c1-2-19-6-5-7-20(12-19)17-32-18-26(37)25(15-21-13-22(30)16-23(31)14-21)34-27(38)9-10-28-35-29(36-39-28)24-8-3-4-11-33-24/h3-8,11-14,16,25-26,32,37H,2,9-10,15,17-18H2,1H3,(H,34,38)/t25-,26+/m0/s1. The van der Waals surface area contributed by atoms with Crippen LogP contribution in [0.4, 0.5) is 8.78 Å². The Bertz CT molecular complexity index is 1350. The van der Waals surface area contributed by atoms with E-state index in [9.17, 15) is 18.7 Å². The Morgan fingerprint density at radius 2 is 1.82 bits per heavy atom. The third kappa shape index (κ3) is 8.49. The number of hydrogen-bond donors (Lipinski definition) is 3. The van der Waals surface area contributed by atoms with Gasteiger partial charge in [-0.3, -0.25) is 9.78 Å². The van der Waals surface area contributed by atoms with Gasteiger partial charge in [0.25, 0.3) is 0 Å². The molecule has 4 rings (SSSR count). The average Bonchev–Trinajstić information content (AvgIpc) is 3.41. The zero-order valence-corrected chi connectivity index (χ0v) is 21.6. The second kappa shape index (κ2) is 13.7. The average molecular weight is 536 g/mol. The van der Waals surface area contributed by atoms with Crippen molar-refractivity contribution < 1.29 is 23.2 Å². The lowest BCUT2D eigenvalue weighted by Crippen LogP contribution is -2.48. The Morgan fingerprint density at radius 3 is 2.56 bits per heavy atom. The molecule has 2 aromatic heterocycles. The zero-order chi connectivity index (χ0) is 27.6. The fourth-order valence-corrected chi connectivity index (χ4v) is 4.19. The topological polar surface area (TPSA) is 113 Å². The van der Waals surface area contributed by atoms with Crippen LogP contribution in [0.2, 0.25) is 0 Å². The van der Waals surface area contributed by atoms with E-state index in [4.69, 9.17) is 4.52 Å². The van der Waals surface area contributed by atoms with Gasteiger partial charge in [0, 0.05) is 38.2 Å². The lowest BCUT2D eigenvalue weighted by atomic mass is 10.00. The van der Waals surface area contributed by atoms with E-state index in [1.54, 1.807) is 24.4 Å². The number of pyridine rings is 1. The Kier molecular flexibility index (Phi) is 9.82. The quantitative estimate of drug-likeness (QED) is 0.239. The summed E-state index contributed by atoms with van der Waals surface area (Å²) in [4.78, 5) is 21.2. The summed E-state index contributed by atoms with van der Waals surface area (Å²) in [5.41, 5.74) is 3.15. The van der Waals surface area contributed by atoms with Crippen molar-refractivity contribution in [2.45, 2.75) is 51.3 Å². The first-order chi connectivity index (χ1) is 18.9. The number of carbonyl (C=O) groups is 1. The molecule has 0 fully saturated rings. The number of hydrogen-bond acceptors (Lipinski definition) is 7. The highest BCUT2D eigenvalue weighted by Gasteiger charge is 2.23. The van der Waals surface area contributed by atoms with Gasteiger partial charge in [0.05, 0.1) is 12.1 Å². The molecule has 0 saturated heterocycles. The maximum Gasteiger partial charge on any atom is 0.227 e. The number of nitrogens with zero attached hydrogens (tertiary/aromatic N) is 3. The Morgan fingerprint density at radius 1 is 1.03 bits per heavy atom. The molecule has 2 aromatic carbocycles. The van der Waals surface area contributed by atoms with Gasteiger partial charge < -0.3 is 20.3 Å². The molecule has 10 heteroatoms. The third-order valence-electron chi connectivity index (χ3n) is 6.20. The molecule has 0 aliphatic carbocycles. The number of nitrogens with one attached hydrogen (secondary N) is 2. The molecular formula is C29H31F2N5O3. The number of aryl methyl sites for hydroxylation is 2. The number of aromatic nitrogens is 3. The molecule has 0 unspecified atom stereocenters. The zero-order valence-electron chi connectivity index (χ0n) is 21.6. The van der Waals surface area contributed by atoms with Crippen LogP contribution in [-0.2, 0) is 30.6 Å². The van der Waals surface area contributed by atoms with Gasteiger partial charge in [-0.15, -0.1) is 0 Å². The maximum absolute atomic E-state index is 13.8. The molecule has 0 radical (unpaired) electrons. The van der Waals surface area contributed by atoms with Crippen molar-refractivity contribution in [2.24, 2.45) is 0 Å². The summed E-state index contributed by atoms with van der Waals surface area (Å²) in [5, 5.41) is 20.8. The van der Waals surface area contributed by atoms with Crippen LogP contribution < -0.4 is 10.6 Å². The number of aliphatic hydroxyl groups excluding tert-OH is 1. The fourth-order valence-electron chi connectivity index (χ4n) is 4.19. The predicted molar refractivity (Wildman–Crippen MR) is 141 cm³/mol. The summed E-state index contributed by atoms with van der Waals surface area (Å²) in [6.07, 6.45) is 1.75. The van der Waals surface area contributed by atoms with E-state index in [-0.39, 0.29) is 37.6 Å². The largest absolute Gasteiger partial charge is 0.390 e. The molecule has 0 aliphatic rings. The summed E-state index contributed by atoms with van der Waals surface area (Å²) in [7, 11) is 0. The minimum atomic E-state index is -1.02. The van der Waals surface area contributed by atoms with Gasteiger partial charge in [0.1, 0.15) is 17.3 Å². The Hall–Kier alpha value is -4.02. The second-order valence-electron chi connectivity index (χ2n) is 9.25. The summed E-state index contributed by atoms with van der Waals surface area (Å²) >= 11 is 0. The van der Waals surface area contributed by atoms with Gasteiger partial charge in [-0.1, -0.05) is 42.4 Å². The molecule has 4 aromatic rings. The molecule has 0 saturated carbocycles. The second-order valence-corrected chi connectivity index (χ2v) is 9.25. The maximum atomic E-state index is 13.8. The Labute approximate surface area is 225 Å². The number of aliphatic hydroxyl groups is 1. The highest BCUT2D eigenvalue weighted by molar-refractivity contribution is 5.76. The molecule has 39 heavy (non-hydrogen) atoms. The van der Waals surface area contributed by atoms with Crippen molar-refractivity contribution in [3.05, 3.63) is 101 Å². The van der Waals surface area contributed by atoms with Gasteiger partial charge in [-0.05, 0) is 53.8 Å². The molecule has 8 nitrogen and oxygen atoms in total. The summed E-state index contributed by atoms with van der Waals surface area (Å²) in [6, 6.07) is 15.8. The van der Waals surface area contributed by atoms with Crippen molar-refractivity contribution in [3.8, 4) is 11.5 Å². The molecule has 0 bridgehead atoms. The van der Waals surface area contributed by atoms with Crippen molar-refractivity contribution in [3.63, 3.8) is 0 Å². The van der Waals surface area contributed by atoms with E-state index in [0.29, 0.717) is 23.6 Å². The minimum absolute atomic E-state index is 0.0157. The van der Waals surface area contributed by atoms with Crippen LogP contribution in [0.15, 0.2) is 71.4 Å². The van der Waals surface area contributed by atoms with Gasteiger partial charge >= 0.3 is 0 Å². The van der Waals surface area contributed by atoms with Gasteiger partial charge in [-0.2, -0.15) is 4.98 Å². The number of amides is 1. The SMILES string of the molecule is CCc1cccc(CNC[C@@H](O)[C@H](Cc2cc(F)cc(F)c2)NC(=O)CCc2nc(-c3ccccn3)no2)c1. The first-order valence-corrected chi connectivity index (χ1v) is 12.8. The molecule has 0 spiro atoms. The highest BCUT2D eigenvalue weighted by atomic mass is 19.1. The first kappa shape index (κ1) is 28.0. The highest BCUT2D eigenvalue weighted by Crippen LogP contribution is 2.14. The van der Waals surface area contributed by atoms with Crippen LogP contribution in [0.5, 0.6) is 0 Å². The van der Waals surface area contributed by atoms with Crippen molar-refractivity contribution in [1.82, 2.24) is 25.8 Å². The number of benzene rings is 2. The lowest BCUT2D eigenvalue weighted by Gasteiger charge is -2.25. The Balaban J connectivity index is 1.37. The molecule has 2 heterocycles.